The van der Waals surface area contributed by atoms with E-state index < -0.39 is 16.0 Å². The van der Waals surface area contributed by atoms with Gasteiger partial charge in [-0.25, -0.2) is 13.2 Å². The van der Waals surface area contributed by atoms with Crippen LogP contribution in [0.2, 0.25) is 0 Å². The molecule has 0 saturated carbocycles. The fourth-order valence-electron chi connectivity index (χ4n) is 4.11. The smallest absolute Gasteiger partial charge is 0.341 e. The maximum Gasteiger partial charge on any atom is 0.341 e. The first-order valence-electron chi connectivity index (χ1n) is 10.9. The minimum Gasteiger partial charge on any atom is -0.462 e. The molecule has 0 radical (unpaired) electrons. The van der Waals surface area contributed by atoms with Crippen LogP contribution < -0.4 is 5.32 Å². The van der Waals surface area contributed by atoms with Crippen LogP contribution in [0.5, 0.6) is 0 Å². The summed E-state index contributed by atoms with van der Waals surface area (Å²) in [5.41, 5.74) is 1.86. The van der Waals surface area contributed by atoms with E-state index in [0.29, 0.717) is 24.2 Å². The number of nitrogens with one attached hydrogen (secondary N) is 1. The van der Waals surface area contributed by atoms with Gasteiger partial charge in [-0.1, -0.05) is 6.07 Å². The van der Waals surface area contributed by atoms with Gasteiger partial charge < -0.3 is 14.6 Å². The van der Waals surface area contributed by atoms with Crippen LogP contribution in [0.1, 0.15) is 41.5 Å². The summed E-state index contributed by atoms with van der Waals surface area (Å²) in [7, 11) is -2.20. The van der Waals surface area contributed by atoms with Gasteiger partial charge in [0.15, 0.2) is 0 Å². The van der Waals surface area contributed by atoms with E-state index in [1.54, 1.807) is 44.1 Å². The van der Waals surface area contributed by atoms with E-state index in [0.717, 1.165) is 10.6 Å². The van der Waals surface area contributed by atoms with E-state index in [4.69, 9.17) is 4.74 Å². The molecule has 0 spiro atoms. The molecule has 0 bridgehead atoms. The predicted molar refractivity (Wildman–Crippen MR) is 129 cm³/mol. The second kappa shape index (κ2) is 10.3. The molecule has 2 aromatic rings. The van der Waals surface area contributed by atoms with Crippen LogP contribution in [0.4, 0.5) is 5.69 Å². The largest absolute Gasteiger partial charge is 0.462 e. The molecule has 0 aliphatic carbocycles. The maximum atomic E-state index is 13.5. The first kappa shape index (κ1) is 25.3. The van der Waals surface area contributed by atoms with Crippen LogP contribution in [0, 0.1) is 19.8 Å². The molecule has 1 N–H and O–H groups in total. The zero-order valence-corrected chi connectivity index (χ0v) is 21.3. The Morgan fingerprint density at radius 2 is 1.85 bits per heavy atom. The summed E-state index contributed by atoms with van der Waals surface area (Å²) < 4.78 is 35.3. The summed E-state index contributed by atoms with van der Waals surface area (Å²) in [6.45, 7) is 5.66. The zero-order chi connectivity index (χ0) is 24.3. The highest BCUT2D eigenvalue weighted by Gasteiger charge is 2.38. The summed E-state index contributed by atoms with van der Waals surface area (Å²) in [5, 5.41) is 2.94. The van der Waals surface area contributed by atoms with Crippen molar-refractivity contribution in [2.24, 2.45) is 13.0 Å². The molecule has 0 atom stereocenters. The van der Waals surface area contributed by atoms with E-state index in [1.807, 2.05) is 30.5 Å². The van der Waals surface area contributed by atoms with Gasteiger partial charge in [-0.3, -0.25) is 4.79 Å². The number of esters is 1. The Morgan fingerprint density at radius 3 is 2.45 bits per heavy atom. The summed E-state index contributed by atoms with van der Waals surface area (Å²) in [5.74, 6) is -1.03. The van der Waals surface area contributed by atoms with Gasteiger partial charge in [-0.05, 0) is 58.1 Å². The van der Waals surface area contributed by atoms with Gasteiger partial charge in [0.2, 0.25) is 15.9 Å². The zero-order valence-electron chi connectivity index (χ0n) is 19.7. The monoisotopic (exact) mass is 493 g/mol. The van der Waals surface area contributed by atoms with E-state index in [-0.39, 0.29) is 42.0 Å². The molecule has 1 fully saturated rings. The third-order valence-corrected chi connectivity index (χ3v) is 8.95. The van der Waals surface area contributed by atoms with Crippen molar-refractivity contribution in [1.29, 1.82) is 0 Å². The number of anilines is 1. The van der Waals surface area contributed by atoms with Crippen molar-refractivity contribution in [3.05, 3.63) is 41.2 Å². The van der Waals surface area contributed by atoms with E-state index >= 15 is 0 Å². The van der Waals surface area contributed by atoms with Crippen LogP contribution in [0.25, 0.3) is 0 Å². The molecule has 180 valence electrons. The number of carbonyl (C=O) groups excluding carboxylic acids is 2. The van der Waals surface area contributed by atoms with Crippen LogP contribution in [0.3, 0.4) is 0 Å². The summed E-state index contributed by atoms with van der Waals surface area (Å²) in [6, 6.07) is 7.62. The number of benzene rings is 1. The molecule has 1 saturated heterocycles. The highest BCUT2D eigenvalue weighted by atomic mass is 32.2. The van der Waals surface area contributed by atoms with Crippen molar-refractivity contribution in [3.8, 4) is 0 Å². The quantitative estimate of drug-likeness (QED) is 0.468. The Morgan fingerprint density at radius 1 is 1.18 bits per heavy atom. The molecule has 3 rings (SSSR count). The van der Waals surface area contributed by atoms with Crippen molar-refractivity contribution in [2.45, 2.75) is 43.4 Å². The molecule has 2 heterocycles. The number of carbonyl (C=O) groups is 2. The second-order valence-corrected chi connectivity index (χ2v) is 10.8. The average molecular weight is 494 g/mol. The topological polar surface area (TPSA) is 97.7 Å². The Bertz CT molecular complexity index is 1150. The Labute approximate surface area is 199 Å². The predicted octanol–water partition coefficient (Wildman–Crippen LogP) is 3.58. The van der Waals surface area contributed by atoms with Gasteiger partial charge in [0, 0.05) is 48.0 Å². The SMILES string of the molecule is CCOC(=O)c1c(S(=O)(=O)N2CCC(C(=O)Nc3cccc(SC)c3)CC2)c(C)n(C)c1C. The third-order valence-electron chi connectivity index (χ3n) is 6.16. The molecular formula is C23H31N3O5S2. The molecule has 1 aromatic heterocycles. The van der Waals surface area contributed by atoms with Crippen molar-refractivity contribution < 1.29 is 22.7 Å². The fourth-order valence-corrected chi connectivity index (χ4v) is 6.52. The minimum absolute atomic E-state index is 0.00210. The first-order chi connectivity index (χ1) is 15.6. The average Bonchev–Trinajstić information content (AvgIpc) is 3.04. The van der Waals surface area contributed by atoms with Gasteiger partial charge in [0.25, 0.3) is 0 Å². The number of ether oxygens (including phenoxy) is 1. The molecular weight excluding hydrogens is 462 g/mol. The molecule has 8 nitrogen and oxygen atoms in total. The normalized spacial score (nSPS) is 15.4. The lowest BCUT2D eigenvalue weighted by Gasteiger charge is -2.30. The number of aromatic nitrogens is 1. The molecule has 10 heteroatoms. The highest BCUT2D eigenvalue weighted by molar-refractivity contribution is 7.98. The number of hydrogen-bond donors (Lipinski definition) is 1. The van der Waals surface area contributed by atoms with E-state index in [9.17, 15) is 18.0 Å². The molecule has 1 aliphatic heterocycles. The van der Waals surface area contributed by atoms with Crippen LogP contribution in [-0.4, -0.2) is 55.1 Å². The maximum absolute atomic E-state index is 13.5. The Kier molecular flexibility index (Phi) is 7.92. The lowest BCUT2D eigenvalue weighted by Crippen LogP contribution is -2.41. The van der Waals surface area contributed by atoms with Gasteiger partial charge in [0.1, 0.15) is 10.5 Å². The number of thioether (sulfide) groups is 1. The number of sulfonamides is 1. The van der Waals surface area contributed by atoms with Crippen molar-refractivity contribution >= 4 is 39.3 Å². The standard InChI is InChI=1S/C23H31N3O5S2/c1-6-31-23(28)20-15(2)25(4)16(3)21(20)33(29,30)26-12-10-17(11-13-26)22(27)24-18-8-7-9-19(14-18)32-5/h7-9,14,17H,6,10-13H2,1-5H3,(H,24,27). The van der Waals surface area contributed by atoms with Crippen LogP contribution in [-0.2, 0) is 26.6 Å². The second-order valence-electron chi connectivity index (χ2n) is 8.05. The molecule has 0 unspecified atom stereocenters. The number of amides is 1. The van der Waals surface area contributed by atoms with Crippen molar-refractivity contribution in [2.75, 3.05) is 31.3 Å². The fraction of sp³-hybridized carbons (Fsp3) is 0.478. The minimum atomic E-state index is -3.93. The van der Waals surface area contributed by atoms with Gasteiger partial charge >= 0.3 is 5.97 Å². The number of piperidine rings is 1. The van der Waals surface area contributed by atoms with Crippen molar-refractivity contribution in [1.82, 2.24) is 8.87 Å². The highest BCUT2D eigenvalue weighted by Crippen LogP contribution is 2.32. The van der Waals surface area contributed by atoms with Crippen LogP contribution in [0.15, 0.2) is 34.1 Å². The number of rotatable bonds is 7. The summed E-state index contributed by atoms with van der Waals surface area (Å²) in [4.78, 5) is 26.4. The summed E-state index contributed by atoms with van der Waals surface area (Å²) in [6.07, 6.45) is 2.79. The van der Waals surface area contributed by atoms with Gasteiger partial charge in [-0.2, -0.15) is 4.31 Å². The number of nitrogens with zero attached hydrogens (tertiary/aromatic N) is 2. The van der Waals surface area contributed by atoms with Crippen LogP contribution >= 0.6 is 11.8 Å². The molecule has 1 aromatic carbocycles. The molecule has 33 heavy (non-hydrogen) atoms. The number of hydrogen-bond acceptors (Lipinski definition) is 6. The Balaban J connectivity index is 1.76. The van der Waals surface area contributed by atoms with E-state index in [2.05, 4.69) is 5.32 Å². The molecule has 1 amide bonds. The van der Waals surface area contributed by atoms with Gasteiger partial charge in [-0.15, -0.1) is 11.8 Å². The van der Waals surface area contributed by atoms with E-state index in [1.165, 1.54) is 4.31 Å². The Hall–Kier alpha value is -2.30. The summed E-state index contributed by atoms with van der Waals surface area (Å²) >= 11 is 1.60. The van der Waals surface area contributed by atoms with Gasteiger partial charge in [0.05, 0.1) is 6.61 Å². The lowest BCUT2D eigenvalue weighted by atomic mass is 9.97. The third kappa shape index (κ3) is 5.12. The lowest BCUT2D eigenvalue weighted by molar-refractivity contribution is -0.120. The first-order valence-corrected chi connectivity index (χ1v) is 13.6. The molecule has 1 aliphatic rings. The van der Waals surface area contributed by atoms with Crippen molar-refractivity contribution in [3.63, 3.8) is 0 Å².